The van der Waals surface area contributed by atoms with Gasteiger partial charge >= 0.3 is 6.03 Å². The molecular formula is C28H25F2N5O3S. The molecule has 6 rings (SSSR count). The highest BCUT2D eigenvalue weighted by atomic mass is 32.1. The van der Waals surface area contributed by atoms with Crippen molar-refractivity contribution < 1.29 is 23.1 Å². The van der Waals surface area contributed by atoms with Crippen LogP contribution in [0.25, 0.3) is 10.2 Å². The van der Waals surface area contributed by atoms with Crippen LogP contribution in [0.1, 0.15) is 28.1 Å². The number of pyridine rings is 1. The number of amides is 3. The van der Waals surface area contributed by atoms with Crippen molar-refractivity contribution in [3.63, 3.8) is 0 Å². The number of ether oxygens (including phenoxy) is 1. The van der Waals surface area contributed by atoms with E-state index in [4.69, 9.17) is 4.74 Å². The van der Waals surface area contributed by atoms with Gasteiger partial charge in [0.15, 0.2) is 17.4 Å². The lowest BCUT2D eigenvalue weighted by atomic mass is 10.1. The summed E-state index contributed by atoms with van der Waals surface area (Å²) in [7, 11) is 2.03. The lowest BCUT2D eigenvalue weighted by Crippen LogP contribution is -2.46. The van der Waals surface area contributed by atoms with E-state index in [-0.39, 0.29) is 17.7 Å². The largest absolute Gasteiger partial charge is 0.451 e. The van der Waals surface area contributed by atoms with Crippen LogP contribution in [-0.2, 0) is 0 Å². The lowest BCUT2D eigenvalue weighted by molar-refractivity contribution is 0.0917. The molecule has 1 saturated heterocycles. The number of hydrogen-bond acceptors (Lipinski definition) is 6. The van der Waals surface area contributed by atoms with E-state index < -0.39 is 23.4 Å². The summed E-state index contributed by atoms with van der Waals surface area (Å²) in [5, 5.41) is 6.70. The van der Waals surface area contributed by atoms with E-state index in [1.54, 1.807) is 37.4 Å². The molecule has 1 atom stereocenters. The third kappa shape index (κ3) is 4.57. The van der Waals surface area contributed by atoms with Gasteiger partial charge in [-0.15, -0.1) is 11.3 Å². The molecule has 8 nitrogen and oxygen atoms in total. The van der Waals surface area contributed by atoms with Crippen molar-refractivity contribution in [3.8, 4) is 11.5 Å². The number of para-hydroxylation sites is 1. The Hall–Kier alpha value is -4.09. The Morgan fingerprint density at radius 2 is 1.97 bits per heavy atom. The maximum Gasteiger partial charge on any atom is 0.331 e. The van der Waals surface area contributed by atoms with Crippen LogP contribution in [0.2, 0.25) is 0 Å². The molecule has 200 valence electrons. The van der Waals surface area contributed by atoms with Crippen LogP contribution in [0.4, 0.5) is 30.6 Å². The molecule has 3 amide bonds. The number of halogens is 2. The third-order valence-electron chi connectivity index (χ3n) is 6.96. The first-order valence-corrected chi connectivity index (χ1v) is 13.4. The van der Waals surface area contributed by atoms with Gasteiger partial charge in [-0.05, 0) is 75.3 Å². The Balaban J connectivity index is 1.33. The monoisotopic (exact) mass is 549 g/mol. The number of thiophene rings is 1. The molecule has 11 heteroatoms. The van der Waals surface area contributed by atoms with E-state index in [9.17, 15) is 18.4 Å². The zero-order chi connectivity index (χ0) is 27.3. The summed E-state index contributed by atoms with van der Waals surface area (Å²) in [5.74, 6) is -2.13. The van der Waals surface area contributed by atoms with Crippen molar-refractivity contribution in [2.45, 2.75) is 25.8 Å². The maximum atomic E-state index is 14.1. The molecule has 4 aromatic rings. The Labute approximate surface area is 227 Å². The van der Waals surface area contributed by atoms with Crippen LogP contribution in [0.3, 0.4) is 0 Å². The first-order chi connectivity index (χ1) is 18.8. The van der Waals surface area contributed by atoms with Crippen LogP contribution in [0.5, 0.6) is 11.5 Å². The topological polar surface area (TPSA) is 86.8 Å². The number of carbonyl (C=O) groups excluding carboxylic acids is 2. The predicted octanol–water partition coefficient (Wildman–Crippen LogP) is 6.18. The van der Waals surface area contributed by atoms with E-state index in [1.165, 1.54) is 22.3 Å². The van der Waals surface area contributed by atoms with Crippen LogP contribution in [-0.4, -0.2) is 48.0 Å². The SMILES string of the molecule is Cc1cc(Oc2c(F)cccc2F)ccc1N1C(=O)Nc2c(C(=O)N[C@@H]3CCCN(C)C3)sc3nccc1c23. The number of piperidine rings is 1. The standard InChI is InChI=1S/C28H25F2N5O3S/c1-15-13-17(38-24-18(29)6-3-7-19(24)30)8-9-20(15)35-21-10-11-31-27-22(21)23(33-28(35)37)25(39-27)26(36)32-16-5-4-12-34(2)14-16/h3,6-11,13,16H,4-5,12,14H2,1-2H3,(H,32,36)(H,33,37)/t16-/m1/s1. The van der Waals surface area contributed by atoms with Gasteiger partial charge in [0.2, 0.25) is 0 Å². The molecule has 2 aromatic carbocycles. The second-order valence-corrected chi connectivity index (χ2v) is 10.8. The minimum atomic E-state index is -0.813. The molecule has 2 aliphatic heterocycles. The van der Waals surface area contributed by atoms with Crippen LogP contribution in [0, 0.1) is 18.6 Å². The first kappa shape index (κ1) is 25.2. The second-order valence-electron chi connectivity index (χ2n) is 9.76. The van der Waals surface area contributed by atoms with Gasteiger partial charge in [-0.2, -0.15) is 0 Å². The molecule has 1 fully saturated rings. The number of carbonyl (C=O) groups is 2. The van der Waals surface area contributed by atoms with Gasteiger partial charge in [0, 0.05) is 18.8 Å². The number of urea groups is 1. The Bertz CT molecular complexity index is 1600. The van der Waals surface area contributed by atoms with Crippen molar-refractivity contribution in [1.29, 1.82) is 0 Å². The summed E-state index contributed by atoms with van der Waals surface area (Å²) in [4.78, 5) is 35.9. The Morgan fingerprint density at radius 3 is 2.72 bits per heavy atom. The number of aromatic nitrogens is 1. The van der Waals surface area contributed by atoms with Gasteiger partial charge < -0.3 is 20.3 Å². The van der Waals surface area contributed by atoms with E-state index in [2.05, 4.69) is 20.5 Å². The number of nitrogens with one attached hydrogen (secondary N) is 2. The first-order valence-electron chi connectivity index (χ1n) is 12.5. The minimum Gasteiger partial charge on any atom is -0.451 e. The maximum absolute atomic E-state index is 14.1. The summed E-state index contributed by atoms with van der Waals surface area (Å²) >= 11 is 1.24. The molecule has 4 heterocycles. The average Bonchev–Trinajstić information content (AvgIpc) is 3.27. The number of benzene rings is 2. The fraction of sp³-hybridized carbons (Fsp3) is 0.250. The predicted molar refractivity (Wildman–Crippen MR) is 146 cm³/mol. The summed E-state index contributed by atoms with van der Waals surface area (Å²) in [6.07, 6.45) is 3.52. The fourth-order valence-corrected chi connectivity index (χ4v) is 6.18. The number of hydrogen-bond donors (Lipinski definition) is 2. The molecule has 2 N–H and O–H groups in total. The molecule has 0 saturated carbocycles. The van der Waals surface area contributed by atoms with Crippen molar-refractivity contribution in [2.24, 2.45) is 0 Å². The van der Waals surface area contributed by atoms with E-state index in [0.29, 0.717) is 37.7 Å². The van der Waals surface area contributed by atoms with Crippen LogP contribution < -0.4 is 20.3 Å². The van der Waals surface area contributed by atoms with Crippen molar-refractivity contribution >= 4 is 50.6 Å². The molecular weight excluding hydrogens is 524 g/mol. The molecule has 0 aliphatic carbocycles. The van der Waals surface area contributed by atoms with Gasteiger partial charge in [0.1, 0.15) is 15.5 Å². The summed E-state index contributed by atoms with van der Waals surface area (Å²) in [6, 6.07) is 9.64. The van der Waals surface area contributed by atoms with Crippen LogP contribution >= 0.6 is 11.3 Å². The van der Waals surface area contributed by atoms with Crippen LogP contribution in [0.15, 0.2) is 48.7 Å². The second kappa shape index (κ2) is 9.90. The zero-order valence-corrected chi connectivity index (χ0v) is 22.1. The number of nitrogens with zero attached hydrogens (tertiary/aromatic N) is 3. The lowest BCUT2D eigenvalue weighted by Gasteiger charge is -2.31. The summed E-state index contributed by atoms with van der Waals surface area (Å²) < 4.78 is 33.6. The quantitative estimate of drug-likeness (QED) is 0.310. The summed E-state index contributed by atoms with van der Waals surface area (Å²) in [6.45, 7) is 3.55. The van der Waals surface area contributed by atoms with E-state index in [1.807, 2.05) is 7.05 Å². The van der Waals surface area contributed by atoms with Crippen molar-refractivity contribution in [1.82, 2.24) is 15.2 Å². The molecule has 0 bridgehead atoms. The molecule has 0 spiro atoms. The number of likely N-dealkylation sites (N-methyl/N-ethyl adjacent to an activating group) is 1. The number of aryl methyl sites for hydroxylation is 1. The molecule has 39 heavy (non-hydrogen) atoms. The number of likely N-dealkylation sites (tertiary alicyclic amines) is 1. The van der Waals surface area contributed by atoms with Crippen molar-refractivity contribution in [2.75, 3.05) is 30.4 Å². The zero-order valence-electron chi connectivity index (χ0n) is 21.3. The summed E-state index contributed by atoms with van der Waals surface area (Å²) in [5.41, 5.74) is 2.23. The third-order valence-corrected chi connectivity index (χ3v) is 8.06. The van der Waals surface area contributed by atoms with Gasteiger partial charge in [-0.1, -0.05) is 6.07 Å². The fourth-order valence-electron chi connectivity index (χ4n) is 5.16. The Kier molecular flexibility index (Phi) is 6.40. The smallest absolute Gasteiger partial charge is 0.331 e. The van der Waals surface area contributed by atoms with Crippen molar-refractivity contribution in [3.05, 3.63) is 70.7 Å². The van der Waals surface area contributed by atoms with Gasteiger partial charge in [0.05, 0.1) is 22.4 Å². The van der Waals surface area contributed by atoms with E-state index >= 15 is 0 Å². The highest BCUT2D eigenvalue weighted by molar-refractivity contribution is 7.21. The number of anilines is 3. The minimum absolute atomic E-state index is 0.0399. The van der Waals surface area contributed by atoms with Gasteiger partial charge in [-0.25, -0.2) is 18.6 Å². The Morgan fingerprint density at radius 1 is 1.18 bits per heavy atom. The average molecular weight is 550 g/mol. The molecule has 2 aromatic heterocycles. The van der Waals surface area contributed by atoms with Gasteiger partial charge in [0.25, 0.3) is 5.91 Å². The molecule has 0 unspecified atom stereocenters. The molecule has 2 aliphatic rings. The van der Waals surface area contributed by atoms with Gasteiger partial charge in [-0.3, -0.25) is 9.69 Å². The normalized spacial score (nSPS) is 17.3. The highest BCUT2D eigenvalue weighted by Gasteiger charge is 2.34. The highest BCUT2D eigenvalue weighted by Crippen LogP contribution is 2.46. The van der Waals surface area contributed by atoms with E-state index in [0.717, 1.165) is 38.1 Å². The number of rotatable bonds is 5. The molecule has 0 radical (unpaired) electrons.